The van der Waals surface area contributed by atoms with E-state index in [4.69, 9.17) is 16.3 Å². The Hall–Kier alpha value is -0.290. The zero-order valence-corrected chi connectivity index (χ0v) is 12.0. The lowest BCUT2D eigenvalue weighted by molar-refractivity contribution is 0.149. The molecule has 5 heteroatoms. The maximum absolute atomic E-state index is 5.93. The highest BCUT2D eigenvalue weighted by atomic mass is 35.5. The van der Waals surface area contributed by atoms with Crippen LogP contribution in [0.4, 0.5) is 0 Å². The Kier molecular flexibility index (Phi) is 5.10. The second-order valence-corrected chi connectivity index (χ2v) is 6.30. The minimum absolute atomic E-state index is 0.746. The Morgan fingerprint density at radius 2 is 2.35 bits per heavy atom. The number of fused-ring (bicyclic) bond motifs is 1. The van der Waals surface area contributed by atoms with Gasteiger partial charge in [-0.1, -0.05) is 23.4 Å². The number of halogens is 1. The second kappa shape index (κ2) is 6.59. The van der Waals surface area contributed by atoms with Crippen LogP contribution in [0.25, 0.3) is 10.2 Å². The monoisotopic (exact) mass is 287 g/mol. The van der Waals surface area contributed by atoms with Crippen molar-refractivity contribution in [3.05, 3.63) is 23.2 Å². The van der Waals surface area contributed by atoms with E-state index in [-0.39, 0.29) is 0 Å². The Bertz CT molecular complexity index is 486. The summed E-state index contributed by atoms with van der Waals surface area (Å²) in [5, 5.41) is 0.746. The SMILES string of the molecule is CCOCCCSc1nc2cc(Cl)ccc2s1. The Balaban J connectivity index is 1.91. The number of hydrogen-bond acceptors (Lipinski definition) is 4. The highest BCUT2D eigenvalue weighted by molar-refractivity contribution is 8.01. The summed E-state index contributed by atoms with van der Waals surface area (Å²) < 4.78 is 7.60. The molecule has 0 amide bonds. The largest absolute Gasteiger partial charge is 0.382 e. The molecule has 17 heavy (non-hydrogen) atoms. The standard InChI is InChI=1S/C12H14ClNOS2/c1-2-15-6-3-7-16-12-14-10-8-9(13)4-5-11(10)17-12/h4-5,8H,2-3,6-7H2,1H3. The van der Waals surface area contributed by atoms with Gasteiger partial charge in [0.15, 0.2) is 4.34 Å². The number of hydrogen-bond donors (Lipinski definition) is 0. The third kappa shape index (κ3) is 3.85. The van der Waals surface area contributed by atoms with Crippen LogP contribution in [-0.2, 0) is 4.74 Å². The van der Waals surface area contributed by atoms with Crippen molar-refractivity contribution in [2.24, 2.45) is 0 Å². The van der Waals surface area contributed by atoms with E-state index in [0.717, 1.165) is 40.3 Å². The first-order valence-electron chi connectivity index (χ1n) is 5.56. The molecule has 2 aromatic rings. The summed E-state index contributed by atoms with van der Waals surface area (Å²) >= 11 is 9.44. The van der Waals surface area contributed by atoms with Gasteiger partial charge < -0.3 is 4.74 Å². The molecule has 0 N–H and O–H groups in total. The van der Waals surface area contributed by atoms with Gasteiger partial charge in [0.1, 0.15) is 0 Å². The van der Waals surface area contributed by atoms with Crippen molar-refractivity contribution < 1.29 is 4.74 Å². The molecule has 2 rings (SSSR count). The first kappa shape index (κ1) is 13.1. The lowest BCUT2D eigenvalue weighted by atomic mass is 10.3. The van der Waals surface area contributed by atoms with Gasteiger partial charge in [-0.05, 0) is 31.5 Å². The Morgan fingerprint density at radius 3 is 3.18 bits per heavy atom. The normalized spacial score (nSPS) is 11.2. The Morgan fingerprint density at radius 1 is 1.47 bits per heavy atom. The minimum atomic E-state index is 0.746. The van der Waals surface area contributed by atoms with E-state index in [1.807, 2.05) is 25.1 Å². The van der Waals surface area contributed by atoms with Gasteiger partial charge in [-0.2, -0.15) is 0 Å². The summed E-state index contributed by atoms with van der Waals surface area (Å²) in [5.74, 6) is 1.05. The van der Waals surface area contributed by atoms with E-state index in [0.29, 0.717) is 0 Å². The fourth-order valence-electron chi connectivity index (χ4n) is 1.41. The molecular weight excluding hydrogens is 274 g/mol. The van der Waals surface area contributed by atoms with Crippen molar-refractivity contribution in [2.45, 2.75) is 17.7 Å². The molecule has 0 aliphatic rings. The molecule has 0 spiro atoms. The van der Waals surface area contributed by atoms with Crippen molar-refractivity contribution >= 4 is 44.9 Å². The highest BCUT2D eigenvalue weighted by Crippen LogP contribution is 2.31. The lowest BCUT2D eigenvalue weighted by Gasteiger charge is -1.98. The molecule has 0 bridgehead atoms. The molecule has 2 nitrogen and oxygen atoms in total. The molecule has 1 aromatic carbocycles. The predicted molar refractivity (Wildman–Crippen MR) is 76.5 cm³/mol. The van der Waals surface area contributed by atoms with Gasteiger partial charge >= 0.3 is 0 Å². The van der Waals surface area contributed by atoms with Gasteiger partial charge in [0.2, 0.25) is 0 Å². The first-order valence-corrected chi connectivity index (χ1v) is 7.74. The average molecular weight is 288 g/mol. The summed E-state index contributed by atoms with van der Waals surface area (Å²) in [4.78, 5) is 4.55. The molecule has 0 fully saturated rings. The molecule has 0 aliphatic heterocycles. The summed E-state index contributed by atoms with van der Waals surface area (Å²) in [6.07, 6.45) is 1.06. The molecule has 0 radical (unpaired) electrons. The summed E-state index contributed by atoms with van der Waals surface area (Å²) in [5.41, 5.74) is 0.995. The summed E-state index contributed by atoms with van der Waals surface area (Å²) in [7, 11) is 0. The van der Waals surface area contributed by atoms with E-state index < -0.39 is 0 Å². The van der Waals surface area contributed by atoms with E-state index >= 15 is 0 Å². The number of rotatable bonds is 6. The molecule has 92 valence electrons. The number of benzene rings is 1. The predicted octanol–water partition coefficient (Wildman–Crippen LogP) is 4.47. The average Bonchev–Trinajstić information content (AvgIpc) is 2.70. The quantitative estimate of drug-likeness (QED) is 0.578. The van der Waals surface area contributed by atoms with Crippen molar-refractivity contribution in [3.63, 3.8) is 0 Å². The second-order valence-electron chi connectivity index (χ2n) is 3.49. The van der Waals surface area contributed by atoms with Gasteiger partial charge in [-0.15, -0.1) is 11.3 Å². The minimum Gasteiger partial charge on any atom is -0.382 e. The first-order chi connectivity index (χ1) is 8.29. The topological polar surface area (TPSA) is 22.1 Å². The van der Waals surface area contributed by atoms with Crippen molar-refractivity contribution in [2.75, 3.05) is 19.0 Å². The molecule has 1 aromatic heterocycles. The lowest BCUT2D eigenvalue weighted by Crippen LogP contribution is -1.94. The van der Waals surface area contributed by atoms with Crippen LogP contribution in [0.2, 0.25) is 5.02 Å². The highest BCUT2D eigenvalue weighted by Gasteiger charge is 2.04. The van der Waals surface area contributed by atoms with Crippen molar-refractivity contribution in [1.82, 2.24) is 4.98 Å². The number of thioether (sulfide) groups is 1. The van der Waals surface area contributed by atoms with Crippen LogP contribution < -0.4 is 0 Å². The molecule has 0 saturated carbocycles. The van der Waals surface area contributed by atoms with Gasteiger partial charge in [0, 0.05) is 24.0 Å². The van der Waals surface area contributed by atoms with Crippen LogP contribution in [0, 0.1) is 0 Å². The van der Waals surface area contributed by atoms with Gasteiger partial charge in [0.05, 0.1) is 10.2 Å². The molecule has 0 atom stereocenters. The van der Waals surface area contributed by atoms with E-state index in [2.05, 4.69) is 4.98 Å². The third-order valence-electron chi connectivity index (χ3n) is 2.19. The fraction of sp³-hybridized carbons (Fsp3) is 0.417. The van der Waals surface area contributed by atoms with E-state index in [9.17, 15) is 0 Å². The molecular formula is C12H14ClNOS2. The van der Waals surface area contributed by atoms with E-state index in [1.54, 1.807) is 23.1 Å². The van der Waals surface area contributed by atoms with E-state index in [1.165, 1.54) is 4.70 Å². The maximum atomic E-state index is 5.93. The number of ether oxygens (including phenoxy) is 1. The zero-order chi connectivity index (χ0) is 12.1. The molecule has 0 aliphatic carbocycles. The van der Waals surface area contributed by atoms with Crippen LogP contribution in [0.3, 0.4) is 0 Å². The number of nitrogens with zero attached hydrogens (tertiary/aromatic N) is 1. The van der Waals surface area contributed by atoms with Gasteiger partial charge in [0.25, 0.3) is 0 Å². The van der Waals surface area contributed by atoms with Crippen LogP contribution in [-0.4, -0.2) is 24.0 Å². The van der Waals surface area contributed by atoms with Crippen molar-refractivity contribution in [1.29, 1.82) is 0 Å². The summed E-state index contributed by atoms with van der Waals surface area (Å²) in [6, 6.07) is 5.85. The van der Waals surface area contributed by atoms with Crippen LogP contribution in [0.5, 0.6) is 0 Å². The molecule has 1 heterocycles. The number of aromatic nitrogens is 1. The smallest absolute Gasteiger partial charge is 0.151 e. The van der Waals surface area contributed by atoms with Gasteiger partial charge in [-0.3, -0.25) is 0 Å². The van der Waals surface area contributed by atoms with Crippen LogP contribution in [0.15, 0.2) is 22.5 Å². The van der Waals surface area contributed by atoms with Crippen LogP contribution >= 0.6 is 34.7 Å². The Labute approximate surface area is 114 Å². The molecule has 0 saturated heterocycles. The van der Waals surface area contributed by atoms with Crippen LogP contribution in [0.1, 0.15) is 13.3 Å². The summed E-state index contributed by atoms with van der Waals surface area (Å²) in [6.45, 7) is 3.65. The molecule has 0 unspecified atom stereocenters. The number of thiazole rings is 1. The maximum Gasteiger partial charge on any atom is 0.151 e. The third-order valence-corrected chi connectivity index (χ3v) is 4.69. The van der Waals surface area contributed by atoms with Gasteiger partial charge in [-0.25, -0.2) is 4.98 Å². The van der Waals surface area contributed by atoms with Crippen molar-refractivity contribution in [3.8, 4) is 0 Å². The zero-order valence-electron chi connectivity index (χ0n) is 9.61. The fourth-order valence-corrected chi connectivity index (χ4v) is 3.60.